The molecule has 0 aromatic rings. The number of hydrogen-bond donors (Lipinski definition) is 2. The lowest BCUT2D eigenvalue weighted by Gasteiger charge is -2.46. The van der Waals surface area contributed by atoms with Crippen LogP contribution in [-0.2, 0) is 28.5 Å². The van der Waals surface area contributed by atoms with Gasteiger partial charge in [0.2, 0.25) is 0 Å². The number of amides is 2. The minimum atomic E-state index is -1.68. The van der Waals surface area contributed by atoms with Crippen molar-refractivity contribution in [1.82, 2.24) is 0 Å². The molecule has 0 radical (unpaired) electrons. The molecule has 0 bridgehead atoms. The molecular formula is C19H30N2O8. The Morgan fingerprint density at radius 3 is 1.83 bits per heavy atom. The maximum atomic E-state index is 12.3. The van der Waals surface area contributed by atoms with Crippen LogP contribution in [0.5, 0.6) is 0 Å². The highest BCUT2D eigenvalue weighted by Gasteiger charge is 2.55. The Bertz CT molecular complexity index is 686. The number of carbonyl (C=O) groups is 4. The van der Waals surface area contributed by atoms with Gasteiger partial charge in [0.25, 0.3) is 0 Å². The van der Waals surface area contributed by atoms with Gasteiger partial charge in [0, 0.05) is 11.1 Å². The summed E-state index contributed by atoms with van der Waals surface area (Å²) in [5, 5.41) is 0. The van der Waals surface area contributed by atoms with E-state index in [-0.39, 0.29) is 30.6 Å². The second-order valence-electron chi connectivity index (χ2n) is 7.19. The molecule has 0 aromatic heterocycles. The maximum absolute atomic E-state index is 12.3. The first-order valence-electron chi connectivity index (χ1n) is 8.80. The summed E-state index contributed by atoms with van der Waals surface area (Å²) in [4.78, 5) is 46.7. The van der Waals surface area contributed by atoms with Gasteiger partial charge < -0.3 is 30.4 Å². The number of ether oxygens (including phenoxy) is 4. The van der Waals surface area contributed by atoms with Gasteiger partial charge in [-0.3, -0.25) is 0 Å². The van der Waals surface area contributed by atoms with Crippen LogP contribution in [-0.4, -0.2) is 48.0 Å². The summed E-state index contributed by atoms with van der Waals surface area (Å²) in [5.41, 5.74) is 7.06. The number of primary amides is 2. The second kappa shape index (κ2) is 10.5. The summed E-state index contributed by atoms with van der Waals surface area (Å²) in [7, 11) is 0. The summed E-state index contributed by atoms with van der Waals surface area (Å²) in [6, 6.07) is 0. The molecule has 2 atom stereocenters. The van der Waals surface area contributed by atoms with E-state index in [1.807, 2.05) is 0 Å². The Balaban J connectivity index is 6.05. The lowest BCUT2D eigenvalue weighted by molar-refractivity contribution is -0.217. The van der Waals surface area contributed by atoms with Crippen molar-refractivity contribution in [2.45, 2.75) is 64.8 Å². The highest BCUT2D eigenvalue weighted by molar-refractivity contribution is 5.88. The number of nitrogens with two attached hydrogens (primary N) is 2. The van der Waals surface area contributed by atoms with E-state index in [2.05, 4.69) is 17.9 Å². The number of carbonyl (C=O) groups excluding carboxylic acids is 4. The highest BCUT2D eigenvalue weighted by atomic mass is 16.6. The quantitative estimate of drug-likeness (QED) is 0.225. The van der Waals surface area contributed by atoms with Crippen LogP contribution in [0.25, 0.3) is 0 Å². The molecule has 0 saturated carbocycles. The van der Waals surface area contributed by atoms with Gasteiger partial charge in [0.05, 0.1) is 6.61 Å². The van der Waals surface area contributed by atoms with E-state index in [1.54, 1.807) is 0 Å². The van der Waals surface area contributed by atoms with Crippen LogP contribution in [0.3, 0.4) is 0 Å². The summed E-state index contributed by atoms with van der Waals surface area (Å²) < 4.78 is 20.9. The van der Waals surface area contributed by atoms with Crippen molar-refractivity contribution in [1.29, 1.82) is 0 Å². The smallest absolute Gasteiger partial charge is 0.405 e. The van der Waals surface area contributed by atoms with Crippen molar-refractivity contribution < 1.29 is 38.1 Å². The van der Waals surface area contributed by atoms with Crippen LogP contribution in [0.4, 0.5) is 9.59 Å². The van der Waals surface area contributed by atoms with E-state index in [4.69, 9.17) is 25.7 Å². The third-order valence-corrected chi connectivity index (χ3v) is 4.27. The molecule has 0 heterocycles. The van der Waals surface area contributed by atoms with Gasteiger partial charge in [-0.2, -0.15) is 0 Å². The van der Waals surface area contributed by atoms with Crippen molar-refractivity contribution in [2.75, 3.05) is 6.61 Å². The van der Waals surface area contributed by atoms with E-state index >= 15 is 0 Å². The van der Waals surface area contributed by atoms with Crippen molar-refractivity contribution >= 4 is 24.1 Å². The van der Waals surface area contributed by atoms with Crippen LogP contribution in [0, 0.1) is 0 Å². The number of esters is 2. The van der Waals surface area contributed by atoms with Gasteiger partial charge in [-0.15, -0.1) is 0 Å². The molecule has 10 heteroatoms. The van der Waals surface area contributed by atoms with E-state index in [9.17, 15) is 19.2 Å². The van der Waals surface area contributed by atoms with Crippen molar-refractivity contribution in [3.8, 4) is 0 Å². The summed E-state index contributed by atoms with van der Waals surface area (Å²) in [5.74, 6) is -1.54. The van der Waals surface area contributed by atoms with Gasteiger partial charge in [0.1, 0.15) is 6.10 Å². The lowest BCUT2D eigenvalue weighted by Crippen LogP contribution is -2.62. The molecule has 0 aromatic carbocycles. The average Bonchev–Trinajstić information content (AvgIpc) is 2.55. The van der Waals surface area contributed by atoms with Gasteiger partial charge in [-0.1, -0.05) is 13.2 Å². The van der Waals surface area contributed by atoms with Gasteiger partial charge >= 0.3 is 24.1 Å². The average molecular weight is 414 g/mol. The van der Waals surface area contributed by atoms with Gasteiger partial charge in [-0.25, -0.2) is 19.2 Å². The summed E-state index contributed by atoms with van der Waals surface area (Å²) >= 11 is 0. The van der Waals surface area contributed by atoms with Gasteiger partial charge in [0.15, 0.2) is 11.2 Å². The monoisotopic (exact) mass is 414 g/mol. The first-order chi connectivity index (χ1) is 13.1. The zero-order chi connectivity index (χ0) is 23.0. The SMILES string of the molecule is C=C(C)C(=O)OC(CCCOC(N)=O)C(C)(OC(=O)C(=C)C)C(C)(C)OC(N)=O. The van der Waals surface area contributed by atoms with Crippen molar-refractivity contribution in [2.24, 2.45) is 11.5 Å². The molecule has 2 unspecified atom stereocenters. The predicted octanol–water partition coefficient (Wildman–Crippen LogP) is 2.10. The molecule has 0 fully saturated rings. The summed E-state index contributed by atoms with van der Waals surface area (Å²) in [6.45, 7) is 14.2. The lowest BCUT2D eigenvalue weighted by atomic mass is 9.80. The second-order valence-corrected chi connectivity index (χ2v) is 7.19. The molecule has 0 rings (SSSR count). The minimum Gasteiger partial charge on any atom is -0.455 e. The zero-order valence-electron chi connectivity index (χ0n) is 17.5. The zero-order valence-corrected chi connectivity index (χ0v) is 17.5. The number of rotatable bonds is 11. The molecule has 164 valence electrons. The third-order valence-electron chi connectivity index (χ3n) is 4.27. The highest BCUT2D eigenvalue weighted by Crippen LogP contribution is 2.37. The minimum absolute atomic E-state index is 0.0673. The van der Waals surface area contributed by atoms with Crippen LogP contribution in [0.2, 0.25) is 0 Å². The van der Waals surface area contributed by atoms with Crippen molar-refractivity contribution in [3.05, 3.63) is 24.3 Å². The molecule has 2 amide bonds. The first-order valence-corrected chi connectivity index (χ1v) is 8.80. The fourth-order valence-corrected chi connectivity index (χ4v) is 2.33. The normalized spacial score (nSPS) is 14.0. The fraction of sp³-hybridized carbons (Fsp3) is 0.579. The molecule has 4 N–H and O–H groups in total. The molecule has 0 aliphatic heterocycles. The Hall–Kier alpha value is -3.04. The van der Waals surface area contributed by atoms with Crippen molar-refractivity contribution in [3.63, 3.8) is 0 Å². The molecule has 0 spiro atoms. The van der Waals surface area contributed by atoms with E-state index in [1.165, 1.54) is 34.6 Å². The molecule has 29 heavy (non-hydrogen) atoms. The predicted molar refractivity (Wildman–Crippen MR) is 104 cm³/mol. The third kappa shape index (κ3) is 7.84. The first kappa shape index (κ1) is 26.0. The largest absolute Gasteiger partial charge is 0.455 e. The Morgan fingerprint density at radius 2 is 1.41 bits per heavy atom. The Labute approximate surface area is 170 Å². The van der Waals surface area contributed by atoms with Crippen LogP contribution < -0.4 is 11.5 Å². The van der Waals surface area contributed by atoms with Crippen LogP contribution >= 0.6 is 0 Å². The fourth-order valence-electron chi connectivity index (χ4n) is 2.33. The van der Waals surface area contributed by atoms with Crippen LogP contribution in [0.1, 0.15) is 47.5 Å². The Morgan fingerprint density at radius 1 is 0.897 bits per heavy atom. The Kier molecular flexibility index (Phi) is 9.39. The molecule has 10 nitrogen and oxygen atoms in total. The van der Waals surface area contributed by atoms with E-state index < -0.39 is 41.4 Å². The van der Waals surface area contributed by atoms with E-state index in [0.29, 0.717) is 0 Å². The maximum Gasteiger partial charge on any atom is 0.405 e. The molecule has 0 aliphatic carbocycles. The summed E-state index contributed by atoms with van der Waals surface area (Å²) in [6.07, 6.45) is -2.94. The van der Waals surface area contributed by atoms with Crippen LogP contribution in [0.15, 0.2) is 24.3 Å². The molecular weight excluding hydrogens is 384 g/mol. The van der Waals surface area contributed by atoms with Gasteiger partial charge in [-0.05, 0) is 47.5 Å². The van der Waals surface area contributed by atoms with E-state index in [0.717, 1.165) is 0 Å². The number of hydrogen-bond acceptors (Lipinski definition) is 8. The standard InChI is InChI=1S/C19H30N2O8/c1-11(2)14(22)27-13(9-8-10-26-16(20)24)19(7,28-15(23)12(3)4)18(5,6)29-17(21)25/h13H,1,3,8-10H2,2,4-7H3,(H2,20,24)(H2,21,25). The molecule has 0 aliphatic rings. The topological polar surface area (TPSA) is 157 Å². The molecule has 0 saturated heterocycles.